The highest BCUT2D eigenvalue weighted by molar-refractivity contribution is 7.15. The number of hydrogen-bond acceptors (Lipinski definition) is 3. The van der Waals surface area contributed by atoms with E-state index >= 15 is 0 Å². The van der Waals surface area contributed by atoms with Gasteiger partial charge in [0.1, 0.15) is 16.4 Å². The molecule has 116 valence electrons. The van der Waals surface area contributed by atoms with Crippen molar-refractivity contribution >= 4 is 28.2 Å². The van der Waals surface area contributed by atoms with Gasteiger partial charge in [-0.25, -0.2) is 9.18 Å². The van der Waals surface area contributed by atoms with Gasteiger partial charge >= 0.3 is 12.1 Å². The van der Waals surface area contributed by atoms with Crippen LogP contribution in [0.2, 0.25) is 0 Å². The van der Waals surface area contributed by atoms with E-state index in [1.54, 1.807) is 0 Å². The Bertz CT molecular complexity index is 722. The van der Waals surface area contributed by atoms with E-state index in [9.17, 15) is 27.2 Å². The van der Waals surface area contributed by atoms with E-state index in [0.717, 1.165) is 24.3 Å². The lowest BCUT2D eigenvalue weighted by atomic mass is 10.1. The molecular weight excluding hydrogens is 326 g/mol. The Hall–Kier alpha value is -2.42. The first kappa shape index (κ1) is 16.0. The molecule has 0 bridgehead atoms. The van der Waals surface area contributed by atoms with Gasteiger partial charge in [-0.2, -0.15) is 13.2 Å². The molecule has 0 fully saturated rings. The van der Waals surface area contributed by atoms with E-state index < -0.39 is 40.0 Å². The maximum atomic E-state index is 12.7. The largest absolute Gasteiger partial charge is 0.478 e. The zero-order valence-electron chi connectivity index (χ0n) is 10.6. The van der Waals surface area contributed by atoms with Gasteiger partial charge in [-0.1, -0.05) is 0 Å². The molecule has 1 aromatic heterocycles. The third-order valence-electron chi connectivity index (χ3n) is 2.64. The first-order valence-electron chi connectivity index (χ1n) is 5.69. The molecule has 0 atom stereocenters. The summed E-state index contributed by atoms with van der Waals surface area (Å²) in [6.45, 7) is 0. The molecule has 0 spiro atoms. The second-order valence-electron chi connectivity index (χ2n) is 4.12. The third kappa shape index (κ3) is 3.25. The predicted molar refractivity (Wildman–Crippen MR) is 70.6 cm³/mol. The van der Waals surface area contributed by atoms with Gasteiger partial charge < -0.3 is 10.4 Å². The van der Waals surface area contributed by atoms with Gasteiger partial charge in [-0.15, -0.1) is 11.3 Å². The molecule has 0 unspecified atom stereocenters. The Morgan fingerprint density at radius 2 is 1.73 bits per heavy atom. The van der Waals surface area contributed by atoms with Crippen LogP contribution in [0.5, 0.6) is 0 Å². The molecule has 22 heavy (non-hydrogen) atoms. The molecule has 1 aromatic carbocycles. The van der Waals surface area contributed by atoms with Gasteiger partial charge in [0.25, 0.3) is 5.91 Å². The fourth-order valence-electron chi connectivity index (χ4n) is 1.65. The summed E-state index contributed by atoms with van der Waals surface area (Å²) < 4.78 is 50.9. The number of thiophene rings is 1. The summed E-state index contributed by atoms with van der Waals surface area (Å²) in [7, 11) is 0. The van der Waals surface area contributed by atoms with Crippen LogP contribution in [0.15, 0.2) is 29.6 Å². The average Bonchev–Trinajstić information content (AvgIpc) is 2.83. The Morgan fingerprint density at radius 3 is 2.23 bits per heavy atom. The van der Waals surface area contributed by atoms with E-state index in [1.165, 1.54) is 0 Å². The quantitative estimate of drug-likeness (QED) is 0.838. The molecule has 1 heterocycles. The standard InChI is InChI=1S/C13H7F4NO3S/c14-7-3-1-6(2-4-7)10(19)18-11-9(12(20)21)8(5-22-11)13(15,16)17/h1-5H,(H,18,19)(H,20,21). The summed E-state index contributed by atoms with van der Waals surface area (Å²) in [6.07, 6.45) is -4.84. The third-order valence-corrected chi connectivity index (χ3v) is 3.54. The number of anilines is 1. The topological polar surface area (TPSA) is 66.4 Å². The van der Waals surface area contributed by atoms with Crippen molar-refractivity contribution in [3.05, 3.63) is 52.2 Å². The first-order chi connectivity index (χ1) is 10.2. The molecule has 0 radical (unpaired) electrons. The Morgan fingerprint density at radius 1 is 1.14 bits per heavy atom. The van der Waals surface area contributed by atoms with Crippen LogP contribution >= 0.6 is 11.3 Å². The lowest BCUT2D eigenvalue weighted by molar-refractivity contribution is -0.137. The van der Waals surface area contributed by atoms with Crippen molar-refractivity contribution in [1.29, 1.82) is 0 Å². The Balaban J connectivity index is 2.34. The lowest BCUT2D eigenvalue weighted by Gasteiger charge is -2.08. The minimum absolute atomic E-state index is 0.0142. The van der Waals surface area contributed by atoms with E-state index in [0.29, 0.717) is 16.7 Å². The molecule has 9 heteroatoms. The van der Waals surface area contributed by atoms with Gasteiger partial charge in [-0.05, 0) is 24.3 Å². The number of alkyl halides is 3. The van der Waals surface area contributed by atoms with Crippen LogP contribution in [0.25, 0.3) is 0 Å². The predicted octanol–water partition coefficient (Wildman–Crippen LogP) is 3.86. The highest BCUT2D eigenvalue weighted by atomic mass is 32.1. The number of carbonyl (C=O) groups excluding carboxylic acids is 1. The summed E-state index contributed by atoms with van der Waals surface area (Å²) in [5, 5.41) is 11.2. The molecule has 0 saturated heterocycles. The number of halogens is 4. The summed E-state index contributed by atoms with van der Waals surface area (Å²) in [5.41, 5.74) is -2.37. The van der Waals surface area contributed by atoms with Crippen LogP contribution in [0.3, 0.4) is 0 Å². The number of nitrogens with one attached hydrogen (secondary N) is 1. The maximum absolute atomic E-state index is 12.7. The molecule has 2 rings (SSSR count). The second-order valence-corrected chi connectivity index (χ2v) is 5.00. The van der Waals surface area contributed by atoms with Crippen molar-refractivity contribution in [3.8, 4) is 0 Å². The van der Waals surface area contributed by atoms with Gasteiger partial charge in [0.15, 0.2) is 0 Å². The van der Waals surface area contributed by atoms with Gasteiger partial charge in [0, 0.05) is 10.9 Å². The number of rotatable bonds is 3. The lowest BCUT2D eigenvalue weighted by Crippen LogP contribution is -2.16. The number of amides is 1. The fourth-order valence-corrected chi connectivity index (χ4v) is 2.60. The summed E-state index contributed by atoms with van der Waals surface area (Å²) in [4.78, 5) is 22.9. The van der Waals surface area contributed by atoms with Gasteiger partial charge in [0.2, 0.25) is 0 Å². The van der Waals surface area contributed by atoms with Crippen LogP contribution in [0, 0.1) is 5.82 Å². The fraction of sp³-hybridized carbons (Fsp3) is 0.0769. The molecule has 0 aliphatic heterocycles. The zero-order valence-corrected chi connectivity index (χ0v) is 11.4. The number of carboxylic acid groups (broad SMARTS) is 1. The molecule has 0 saturated carbocycles. The number of hydrogen-bond donors (Lipinski definition) is 2. The van der Waals surface area contributed by atoms with Crippen molar-refractivity contribution in [2.45, 2.75) is 6.18 Å². The number of aromatic carboxylic acids is 1. The van der Waals surface area contributed by atoms with Crippen LogP contribution < -0.4 is 5.32 Å². The van der Waals surface area contributed by atoms with Crippen molar-refractivity contribution in [2.24, 2.45) is 0 Å². The van der Waals surface area contributed by atoms with Crippen molar-refractivity contribution in [1.82, 2.24) is 0 Å². The molecule has 2 aromatic rings. The molecule has 0 aliphatic rings. The number of carboxylic acids is 1. The monoisotopic (exact) mass is 333 g/mol. The van der Waals surface area contributed by atoms with Crippen molar-refractivity contribution in [2.75, 3.05) is 5.32 Å². The first-order valence-corrected chi connectivity index (χ1v) is 6.57. The van der Waals surface area contributed by atoms with Crippen LogP contribution in [0.1, 0.15) is 26.3 Å². The minimum atomic E-state index is -4.84. The van der Waals surface area contributed by atoms with E-state index in [2.05, 4.69) is 5.32 Å². The van der Waals surface area contributed by atoms with E-state index in [1.807, 2.05) is 0 Å². The smallest absolute Gasteiger partial charge is 0.418 e. The van der Waals surface area contributed by atoms with Crippen LogP contribution in [0.4, 0.5) is 22.6 Å². The normalized spacial score (nSPS) is 11.3. The molecule has 0 aliphatic carbocycles. The maximum Gasteiger partial charge on any atom is 0.418 e. The van der Waals surface area contributed by atoms with E-state index in [4.69, 9.17) is 5.11 Å². The molecule has 1 amide bonds. The second kappa shape index (κ2) is 5.76. The molecule has 4 nitrogen and oxygen atoms in total. The SMILES string of the molecule is O=C(Nc1scc(C(F)(F)F)c1C(=O)O)c1ccc(F)cc1. The molecule has 2 N–H and O–H groups in total. The summed E-state index contributed by atoms with van der Waals surface area (Å²) >= 11 is 0.451. The minimum Gasteiger partial charge on any atom is -0.478 e. The Labute approximate surface area is 125 Å². The van der Waals surface area contributed by atoms with Gasteiger partial charge in [-0.3, -0.25) is 4.79 Å². The highest BCUT2D eigenvalue weighted by Gasteiger charge is 2.38. The number of carbonyl (C=O) groups is 2. The van der Waals surface area contributed by atoms with Crippen LogP contribution in [-0.2, 0) is 6.18 Å². The van der Waals surface area contributed by atoms with Crippen molar-refractivity contribution in [3.63, 3.8) is 0 Å². The summed E-state index contributed by atoms with van der Waals surface area (Å²) in [6, 6.07) is 4.26. The zero-order chi connectivity index (χ0) is 16.5. The summed E-state index contributed by atoms with van der Waals surface area (Å²) in [5.74, 6) is -3.22. The number of benzene rings is 1. The van der Waals surface area contributed by atoms with E-state index in [-0.39, 0.29) is 5.56 Å². The highest BCUT2D eigenvalue weighted by Crippen LogP contribution is 2.39. The van der Waals surface area contributed by atoms with Gasteiger partial charge in [0.05, 0.1) is 5.56 Å². The van der Waals surface area contributed by atoms with Crippen molar-refractivity contribution < 1.29 is 32.3 Å². The molecular formula is C13H7F4NO3S. The average molecular weight is 333 g/mol. The Kier molecular flexibility index (Phi) is 4.18. The van der Waals surface area contributed by atoms with Crippen LogP contribution in [-0.4, -0.2) is 17.0 Å².